The van der Waals surface area contributed by atoms with Crippen LogP contribution in [0.15, 0.2) is 67.0 Å². The first-order valence-corrected chi connectivity index (χ1v) is 8.58. The summed E-state index contributed by atoms with van der Waals surface area (Å²) < 4.78 is 6.69. The summed E-state index contributed by atoms with van der Waals surface area (Å²) in [6.45, 7) is 0. The zero-order valence-electron chi connectivity index (χ0n) is 13.4. The Hall–Kier alpha value is -3.45. The number of nitrogens with one attached hydrogen (secondary N) is 1. The van der Waals surface area contributed by atoms with Crippen LogP contribution in [0.1, 0.15) is 10.4 Å². The van der Waals surface area contributed by atoms with Gasteiger partial charge in [-0.3, -0.25) is 15.1 Å². The zero-order valence-corrected chi connectivity index (χ0v) is 14.2. The van der Waals surface area contributed by atoms with E-state index in [0.29, 0.717) is 10.9 Å². The molecule has 4 aromatic rings. The molecule has 0 saturated heterocycles. The van der Waals surface area contributed by atoms with E-state index in [0.717, 1.165) is 16.0 Å². The lowest BCUT2D eigenvalue weighted by atomic mass is 10.2. The van der Waals surface area contributed by atoms with Gasteiger partial charge in [-0.05, 0) is 30.3 Å². The second-order valence-electron chi connectivity index (χ2n) is 5.41. The van der Waals surface area contributed by atoms with Crippen LogP contribution in [0, 0.1) is 0 Å². The van der Waals surface area contributed by atoms with Crippen molar-refractivity contribution >= 4 is 32.6 Å². The minimum Gasteiger partial charge on any atom is -0.507 e. The lowest BCUT2D eigenvalue weighted by molar-refractivity contribution is 0.102. The largest absolute Gasteiger partial charge is 0.507 e. The summed E-state index contributed by atoms with van der Waals surface area (Å²) in [6.07, 6.45) is 2.72. The zero-order chi connectivity index (χ0) is 17.9. The molecular weight excluding hydrogens is 350 g/mol. The molecule has 0 bridgehead atoms. The molecule has 2 aromatic heterocycles. The third kappa shape index (κ3) is 3.33. The Morgan fingerprint density at radius 1 is 1.08 bits per heavy atom. The summed E-state index contributed by atoms with van der Waals surface area (Å²) in [4.78, 5) is 20.5. The van der Waals surface area contributed by atoms with Gasteiger partial charge in [0, 0.05) is 18.5 Å². The van der Waals surface area contributed by atoms with Crippen molar-refractivity contribution in [2.45, 2.75) is 0 Å². The molecule has 2 N–H and O–H groups in total. The number of thiazole rings is 1. The maximum Gasteiger partial charge on any atom is 0.262 e. The number of aromatic nitrogens is 2. The number of ether oxygens (including phenoxy) is 1. The van der Waals surface area contributed by atoms with Gasteiger partial charge in [0.25, 0.3) is 5.91 Å². The lowest BCUT2D eigenvalue weighted by Gasteiger charge is -2.04. The number of nitrogens with zero attached hydrogens (tertiary/aromatic N) is 2. The van der Waals surface area contributed by atoms with Gasteiger partial charge in [-0.25, -0.2) is 4.98 Å². The van der Waals surface area contributed by atoms with Gasteiger partial charge in [0.1, 0.15) is 17.2 Å². The van der Waals surface area contributed by atoms with E-state index >= 15 is 0 Å². The molecule has 0 saturated carbocycles. The normalized spacial score (nSPS) is 10.6. The Bertz CT molecular complexity index is 1080. The van der Waals surface area contributed by atoms with Gasteiger partial charge in [-0.2, -0.15) is 0 Å². The van der Waals surface area contributed by atoms with Gasteiger partial charge in [0.15, 0.2) is 5.13 Å². The first kappa shape index (κ1) is 16.0. The monoisotopic (exact) mass is 363 g/mol. The number of anilines is 1. The molecule has 1 amide bonds. The molecule has 2 aromatic carbocycles. The summed E-state index contributed by atoms with van der Waals surface area (Å²) >= 11 is 1.33. The van der Waals surface area contributed by atoms with Crippen LogP contribution in [0.5, 0.6) is 17.2 Å². The van der Waals surface area contributed by atoms with Gasteiger partial charge in [0.2, 0.25) is 0 Å². The Balaban J connectivity index is 1.56. The van der Waals surface area contributed by atoms with Crippen LogP contribution < -0.4 is 10.1 Å². The fourth-order valence-corrected chi connectivity index (χ4v) is 3.26. The van der Waals surface area contributed by atoms with Crippen molar-refractivity contribution in [2.75, 3.05) is 5.32 Å². The molecule has 4 rings (SSSR count). The number of pyridine rings is 1. The summed E-state index contributed by atoms with van der Waals surface area (Å²) in [7, 11) is 0. The van der Waals surface area contributed by atoms with Crippen molar-refractivity contribution in [3.05, 3.63) is 72.6 Å². The van der Waals surface area contributed by atoms with E-state index in [1.807, 2.05) is 48.5 Å². The second-order valence-corrected chi connectivity index (χ2v) is 6.44. The van der Waals surface area contributed by atoms with Crippen LogP contribution in [0.4, 0.5) is 5.13 Å². The fourth-order valence-electron chi connectivity index (χ4n) is 2.37. The van der Waals surface area contributed by atoms with E-state index in [9.17, 15) is 9.90 Å². The number of rotatable bonds is 4. The highest BCUT2D eigenvalue weighted by Crippen LogP contribution is 2.31. The van der Waals surface area contributed by atoms with Crippen molar-refractivity contribution in [3.63, 3.8) is 0 Å². The van der Waals surface area contributed by atoms with Crippen molar-refractivity contribution in [2.24, 2.45) is 0 Å². The molecule has 0 aliphatic rings. The maximum atomic E-state index is 12.3. The predicted octanol–water partition coefficient (Wildman–Crippen LogP) is 4.44. The summed E-state index contributed by atoms with van der Waals surface area (Å²) in [5, 5.41) is 12.9. The van der Waals surface area contributed by atoms with Crippen LogP contribution >= 0.6 is 11.3 Å². The first-order chi connectivity index (χ1) is 12.7. The van der Waals surface area contributed by atoms with E-state index in [2.05, 4.69) is 15.3 Å². The van der Waals surface area contributed by atoms with Gasteiger partial charge in [0.05, 0.1) is 15.8 Å². The topological polar surface area (TPSA) is 84.3 Å². The van der Waals surface area contributed by atoms with E-state index in [1.165, 1.54) is 29.8 Å². The molecule has 0 spiro atoms. The summed E-state index contributed by atoms with van der Waals surface area (Å²) in [6, 6.07) is 16.4. The summed E-state index contributed by atoms with van der Waals surface area (Å²) in [5.41, 5.74) is 0.848. The molecule has 0 atom stereocenters. The molecule has 0 aliphatic heterocycles. The molecule has 0 unspecified atom stereocenters. The van der Waals surface area contributed by atoms with Crippen molar-refractivity contribution in [1.82, 2.24) is 9.97 Å². The van der Waals surface area contributed by atoms with Crippen molar-refractivity contribution in [3.8, 4) is 17.2 Å². The average Bonchev–Trinajstić information content (AvgIpc) is 3.04. The Morgan fingerprint density at radius 3 is 2.73 bits per heavy atom. The molecule has 0 radical (unpaired) electrons. The number of amides is 1. The molecular formula is C19H13N3O3S. The Kier molecular flexibility index (Phi) is 4.20. The van der Waals surface area contributed by atoms with Crippen LogP contribution in [0.3, 0.4) is 0 Å². The van der Waals surface area contributed by atoms with Gasteiger partial charge < -0.3 is 9.84 Å². The van der Waals surface area contributed by atoms with Gasteiger partial charge >= 0.3 is 0 Å². The number of benzene rings is 2. The van der Waals surface area contributed by atoms with Crippen LogP contribution in [-0.4, -0.2) is 21.0 Å². The lowest BCUT2D eigenvalue weighted by Crippen LogP contribution is -2.12. The van der Waals surface area contributed by atoms with E-state index in [1.54, 1.807) is 0 Å². The number of hydrogen-bond acceptors (Lipinski definition) is 6. The second kappa shape index (κ2) is 6.81. The smallest absolute Gasteiger partial charge is 0.262 e. The van der Waals surface area contributed by atoms with Crippen LogP contribution in [0.2, 0.25) is 0 Å². The molecule has 128 valence electrons. The number of hydrogen-bond donors (Lipinski definition) is 2. The number of carbonyl (C=O) groups excluding carboxylic acids is 1. The van der Waals surface area contributed by atoms with E-state index in [4.69, 9.17) is 4.74 Å². The molecule has 2 heterocycles. The summed E-state index contributed by atoms with van der Waals surface area (Å²) in [5.74, 6) is 0.847. The first-order valence-electron chi connectivity index (χ1n) is 7.77. The molecule has 0 aliphatic carbocycles. The van der Waals surface area contributed by atoms with Crippen molar-refractivity contribution in [1.29, 1.82) is 0 Å². The minimum atomic E-state index is -0.463. The third-order valence-electron chi connectivity index (χ3n) is 3.60. The SMILES string of the molecule is O=C(Nc1nc2ccc(Oc3ccccc3)cc2s1)c1cnccc1O. The maximum absolute atomic E-state index is 12.3. The Morgan fingerprint density at radius 2 is 1.92 bits per heavy atom. The van der Waals surface area contributed by atoms with Crippen molar-refractivity contribution < 1.29 is 14.6 Å². The highest BCUT2D eigenvalue weighted by molar-refractivity contribution is 7.22. The quantitative estimate of drug-likeness (QED) is 0.560. The average molecular weight is 363 g/mol. The molecule has 6 nitrogen and oxygen atoms in total. The third-order valence-corrected chi connectivity index (χ3v) is 4.54. The highest BCUT2D eigenvalue weighted by atomic mass is 32.1. The number of para-hydroxylation sites is 1. The number of aromatic hydroxyl groups is 1. The predicted molar refractivity (Wildman–Crippen MR) is 100.0 cm³/mol. The van der Waals surface area contributed by atoms with Crippen LogP contribution in [-0.2, 0) is 0 Å². The number of carbonyl (C=O) groups is 1. The minimum absolute atomic E-state index is 0.0971. The van der Waals surface area contributed by atoms with Gasteiger partial charge in [-0.15, -0.1) is 0 Å². The molecule has 7 heteroatoms. The standard InChI is InChI=1S/C19H13N3O3S/c23-16-8-9-20-11-14(16)18(24)22-19-21-15-7-6-13(10-17(15)26-19)25-12-4-2-1-3-5-12/h1-11H,(H,20,23)(H,21,22,24). The fraction of sp³-hybridized carbons (Fsp3) is 0. The van der Waals surface area contributed by atoms with E-state index in [-0.39, 0.29) is 11.3 Å². The Labute approximate surface area is 152 Å². The molecule has 26 heavy (non-hydrogen) atoms. The highest BCUT2D eigenvalue weighted by Gasteiger charge is 2.14. The van der Waals surface area contributed by atoms with E-state index < -0.39 is 5.91 Å². The van der Waals surface area contributed by atoms with Crippen LogP contribution in [0.25, 0.3) is 10.2 Å². The molecule has 0 fully saturated rings. The number of fused-ring (bicyclic) bond motifs is 1. The van der Waals surface area contributed by atoms with Gasteiger partial charge in [-0.1, -0.05) is 29.5 Å².